The van der Waals surface area contributed by atoms with Crippen molar-refractivity contribution in [2.45, 2.75) is 50.9 Å². The monoisotopic (exact) mass is 186 g/mol. The Bertz CT molecular complexity index is 358. The topological polar surface area (TPSA) is 0 Å². The first-order chi connectivity index (χ1) is 6.82. The van der Waals surface area contributed by atoms with Crippen molar-refractivity contribution in [2.24, 2.45) is 0 Å². The molecule has 0 bridgehead atoms. The molecule has 0 heterocycles. The second-order valence-electron chi connectivity index (χ2n) is 5.09. The van der Waals surface area contributed by atoms with Crippen LogP contribution in [0.5, 0.6) is 0 Å². The molecule has 1 aromatic rings. The van der Waals surface area contributed by atoms with Gasteiger partial charge in [-0.2, -0.15) is 0 Å². The number of fused-ring (bicyclic) bond motifs is 2. The maximum Gasteiger partial charge on any atom is -0.00440 e. The molecule has 2 aliphatic rings. The summed E-state index contributed by atoms with van der Waals surface area (Å²) in [7, 11) is 0. The number of hydrogen-bond donors (Lipinski definition) is 0. The van der Waals surface area contributed by atoms with Crippen LogP contribution in [-0.2, 0) is 11.8 Å². The van der Waals surface area contributed by atoms with Crippen molar-refractivity contribution >= 4 is 0 Å². The lowest BCUT2D eigenvalue weighted by Gasteiger charge is -2.46. The largest absolute Gasteiger partial charge is 0.0617 e. The van der Waals surface area contributed by atoms with Crippen LogP contribution in [-0.4, -0.2) is 0 Å². The van der Waals surface area contributed by atoms with Gasteiger partial charge in [-0.1, -0.05) is 24.6 Å². The Morgan fingerprint density at radius 1 is 1.07 bits per heavy atom. The van der Waals surface area contributed by atoms with Gasteiger partial charge in [-0.25, -0.2) is 0 Å². The van der Waals surface area contributed by atoms with Crippen molar-refractivity contribution in [1.82, 2.24) is 0 Å². The second-order valence-corrected chi connectivity index (χ2v) is 5.09. The highest BCUT2D eigenvalue weighted by molar-refractivity contribution is 5.42. The van der Waals surface area contributed by atoms with Crippen molar-refractivity contribution in [3.8, 4) is 0 Å². The van der Waals surface area contributed by atoms with Crippen molar-refractivity contribution in [3.05, 3.63) is 34.9 Å². The Kier molecular flexibility index (Phi) is 1.74. The molecule has 1 spiro atoms. The van der Waals surface area contributed by atoms with Gasteiger partial charge in [0, 0.05) is 0 Å². The molecule has 3 rings (SSSR count). The summed E-state index contributed by atoms with van der Waals surface area (Å²) >= 11 is 0. The summed E-state index contributed by atoms with van der Waals surface area (Å²) in [5, 5.41) is 0. The van der Waals surface area contributed by atoms with Crippen LogP contribution >= 0.6 is 0 Å². The van der Waals surface area contributed by atoms with E-state index < -0.39 is 0 Å². The van der Waals surface area contributed by atoms with E-state index >= 15 is 0 Å². The Morgan fingerprint density at radius 3 is 2.57 bits per heavy atom. The van der Waals surface area contributed by atoms with Crippen molar-refractivity contribution < 1.29 is 0 Å². The predicted octanol–water partition coefficient (Wildman–Crippen LogP) is 3.75. The fourth-order valence-corrected chi connectivity index (χ4v) is 3.39. The van der Waals surface area contributed by atoms with Gasteiger partial charge in [-0.3, -0.25) is 0 Å². The van der Waals surface area contributed by atoms with Crippen LogP contribution in [0, 0.1) is 6.92 Å². The minimum Gasteiger partial charge on any atom is -0.0617 e. The third-order valence-corrected chi connectivity index (χ3v) is 4.37. The Balaban J connectivity index is 2.15. The highest BCUT2D eigenvalue weighted by atomic mass is 14.5. The van der Waals surface area contributed by atoms with Crippen molar-refractivity contribution in [3.63, 3.8) is 0 Å². The van der Waals surface area contributed by atoms with Crippen LogP contribution in [0.3, 0.4) is 0 Å². The van der Waals surface area contributed by atoms with E-state index in [9.17, 15) is 0 Å². The van der Waals surface area contributed by atoms with Crippen molar-refractivity contribution in [2.75, 3.05) is 0 Å². The molecule has 0 N–H and O–H groups in total. The minimum atomic E-state index is 0.625. The van der Waals surface area contributed by atoms with Crippen LogP contribution in [0.15, 0.2) is 18.2 Å². The Hall–Kier alpha value is -0.780. The summed E-state index contributed by atoms with van der Waals surface area (Å²) in [5.41, 5.74) is 5.53. The van der Waals surface area contributed by atoms with Crippen LogP contribution in [0.25, 0.3) is 0 Å². The first-order valence-electron chi connectivity index (χ1n) is 5.91. The molecule has 2 aliphatic carbocycles. The zero-order valence-corrected chi connectivity index (χ0v) is 8.97. The smallest absolute Gasteiger partial charge is 0.00440 e. The molecule has 1 saturated carbocycles. The average molecular weight is 186 g/mol. The molecule has 1 fully saturated rings. The molecule has 0 unspecified atom stereocenters. The van der Waals surface area contributed by atoms with Gasteiger partial charge in [0.1, 0.15) is 0 Å². The fraction of sp³-hybridized carbons (Fsp3) is 0.571. The van der Waals surface area contributed by atoms with Crippen LogP contribution in [0.2, 0.25) is 0 Å². The number of hydrogen-bond acceptors (Lipinski definition) is 0. The summed E-state index contributed by atoms with van der Waals surface area (Å²) in [5.74, 6) is 0. The molecular formula is C14H18. The minimum absolute atomic E-state index is 0.625. The Morgan fingerprint density at radius 2 is 1.86 bits per heavy atom. The third kappa shape index (κ3) is 1.00. The standard InChI is InChI=1S/C14H18/c1-11-5-2-7-13-12(11)6-3-8-14(13)9-4-10-14/h2,5,7H,3-4,6,8-10H2,1H3. The molecule has 0 amide bonds. The van der Waals surface area contributed by atoms with Gasteiger partial charge in [0.05, 0.1) is 0 Å². The lowest BCUT2D eigenvalue weighted by Crippen LogP contribution is -2.37. The van der Waals surface area contributed by atoms with Crippen molar-refractivity contribution in [1.29, 1.82) is 0 Å². The van der Waals surface area contributed by atoms with E-state index in [2.05, 4.69) is 25.1 Å². The van der Waals surface area contributed by atoms with Gasteiger partial charge in [-0.15, -0.1) is 0 Å². The summed E-state index contributed by atoms with van der Waals surface area (Å²) in [6, 6.07) is 6.91. The first kappa shape index (κ1) is 8.52. The lowest BCUT2D eigenvalue weighted by molar-refractivity contribution is 0.208. The molecule has 0 atom stereocenters. The predicted molar refractivity (Wildman–Crippen MR) is 59.6 cm³/mol. The van der Waals surface area contributed by atoms with Crippen LogP contribution in [0.4, 0.5) is 0 Å². The van der Waals surface area contributed by atoms with Gasteiger partial charge in [0.25, 0.3) is 0 Å². The summed E-state index contributed by atoms with van der Waals surface area (Å²) in [6.07, 6.45) is 8.53. The third-order valence-electron chi connectivity index (χ3n) is 4.37. The lowest BCUT2D eigenvalue weighted by atomic mass is 9.58. The van der Waals surface area contributed by atoms with E-state index in [0.717, 1.165) is 0 Å². The molecule has 74 valence electrons. The van der Waals surface area contributed by atoms with E-state index in [1.165, 1.54) is 44.1 Å². The van der Waals surface area contributed by atoms with Crippen LogP contribution in [0.1, 0.15) is 48.8 Å². The summed E-state index contributed by atoms with van der Waals surface area (Å²) in [4.78, 5) is 0. The molecule has 0 aliphatic heterocycles. The molecule has 0 radical (unpaired) electrons. The summed E-state index contributed by atoms with van der Waals surface area (Å²) in [6.45, 7) is 2.27. The highest BCUT2D eigenvalue weighted by Gasteiger charge is 2.41. The molecular weight excluding hydrogens is 168 g/mol. The Labute approximate surface area is 86.3 Å². The van der Waals surface area contributed by atoms with Crippen LogP contribution < -0.4 is 0 Å². The molecule has 0 nitrogen and oxygen atoms in total. The highest BCUT2D eigenvalue weighted by Crippen LogP contribution is 2.51. The molecule has 0 aromatic heterocycles. The maximum absolute atomic E-state index is 2.39. The molecule has 1 aromatic carbocycles. The quantitative estimate of drug-likeness (QED) is 0.579. The van der Waals surface area contributed by atoms with Gasteiger partial charge in [0.2, 0.25) is 0 Å². The van der Waals surface area contributed by atoms with Gasteiger partial charge < -0.3 is 0 Å². The van der Waals surface area contributed by atoms with E-state index in [1.54, 1.807) is 11.1 Å². The summed E-state index contributed by atoms with van der Waals surface area (Å²) < 4.78 is 0. The zero-order chi connectivity index (χ0) is 9.60. The second kappa shape index (κ2) is 2.85. The molecule has 0 heteroatoms. The van der Waals surface area contributed by atoms with Gasteiger partial charge >= 0.3 is 0 Å². The first-order valence-corrected chi connectivity index (χ1v) is 5.91. The average Bonchev–Trinajstić information content (AvgIpc) is 2.15. The van der Waals surface area contributed by atoms with Gasteiger partial charge in [-0.05, 0) is 61.1 Å². The van der Waals surface area contributed by atoms with E-state index in [1.807, 2.05) is 0 Å². The number of aryl methyl sites for hydroxylation is 1. The van der Waals surface area contributed by atoms with E-state index in [0.29, 0.717) is 5.41 Å². The van der Waals surface area contributed by atoms with Gasteiger partial charge in [0.15, 0.2) is 0 Å². The number of rotatable bonds is 0. The fourth-order valence-electron chi connectivity index (χ4n) is 3.39. The molecule has 14 heavy (non-hydrogen) atoms. The molecule has 0 saturated heterocycles. The van der Waals surface area contributed by atoms with E-state index in [-0.39, 0.29) is 0 Å². The maximum atomic E-state index is 2.39. The zero-order valence-electron chi connectivity index (χ0n) is 8.97. The number of benzene rings is 1. The SMILES string of the molecule is Cc1cccc2c1CCCC21CCC1. The normalized spacial score (nSPS) is 22.9. The van der Waals surface area contributed by atoms with E-state index in [4.69, 9.17) is 0 Å².